The predicted molar refractivity (Wildman–Crippen MR) is 97.3 cm³/mol. The average Bonchev–Trinajstić information content (AvgIpc) is 2.55. The number of nitrogens with one attached hydrogen (secondary N) is 1. The van der Waals surface area contributed by atoms with Gasteiger partial charge in [-0.25, -0.2) is 0 Å². The van der Waals surface area contributed by atoms with Crippen LogP contribution < -0.4 is 10.1 Å². The van der Waals surface area contributed by atoms with Gasteiger partial charge in [0.25, 0.3) is 0 Å². The number of anilines is 1. The second kappa shape index (κ2) is 10.1. The Morgan fingerprint density at radius 2 is 2.00 bits per heavy atom. The van der Waals surface area contributed by atoms with E-state index in [9.17, 15) is 0 Å². The Kier molecular flexibility index (Phi) is 8.13. The second-order valence-corrected chi connectivity index (χ2v) is 6.36. The van der Waals surface area contributed by atoms with Crippen molar-refractivity contribution in [3.63, 3.8) is 0 Å². The number of hydrogen-bond acceptors (Lipinski definition) is 3. The van der Waals surface area contributed by atoms with E-state index < -0.39 is 0 Å². The van der Waals surface area contributed by atoms with Crippen LogP contribution in [0.5, 0.6) is 5.75 Å². The van der Waals surface area contributed by atoms with Crippen molar-refractivity contribution in [2.45, 2.75) is 31.9 Å². The molecule has 0 aliphatic carbocycles. The van der Waals surface area contributed by atoms with Crippen molar-refractivity contribution in [1.29, 1.82) is 0 Å². The summed E-state index contributed by atoms with van der Waals surface area (Å²) in [4.78, 5) is 0. The molecule has 0 fully saturated rings. The molecule has 2 rings (SSSR count). The predicted octanol–water partition coefficient (Wildman–Crippen LogP) is 5.04. The highest BCUT2D eigenvalue weighted by Gasteiger charge is 2.13. The Morgan fingerprint density at radius 1 is 1.14 bits per heavy atom. The molecule has 1 aromatic rings. The normalized spacial score (nSPS) is 16.2. The molecule has 5 heteroatoms. The molecule has 1 aliphatic heterocycles. The van der Waals surface area contributed by atoms with Crippen molar-refractivity contribution in [2.24, 2.45) is 0 Å². The lowest BCUT2D eigenvalue weighted by Gasteiger charge is -2.23. The first kappa shape index (κ1) is 17.6. The van der Waals surface area contributed by atoms with E-state index in [2.05, 4.69) is 39.5 Å². The zero-order valence-electron chi connectivity index (χ0n) is 12.7. The van der Waals surface area contributed by atoms with Crippen molar-refractivity contribution in [3.8, 4) is 5.75 Å². The van der Waals surface area contributed by atoms with Crippen LogP contribution in [0.25, 0.3) is 6.08 Å². The first-order valence-corrected chi connectivity index (χ1v) is 9.44. The van der Waals surface area contributed by atoms with Gasteiger partial charge in [0.05, 0.1) is 6.61 Å². The number of rotatable bonds is 10. The van der Waals surface area contributed by atoms with Gasteiger partial charge < -0.3 is 14.8 Å². The summed E-state index contributed by atoms with van der Waals surface area (Å²) in [6, 6.07) is 6.11. The van der Waals surface area contributed by atoms with Crippen molar-refractivity contribution in [3.05, 3.63) is 29.8 Å². The van der Waals surface area contributed by atoms with E-state index in [1.165, 1.54) is 0 Å². The van der Waals surface area contributed by atoms with E-state index in [0.717, 1.165) is 54.6 Å². The van der Waals surface area contributed by atoms with Gasteiger partial charge in [-0.3, -0.25) is 0 Å². The number of hydrogen-bond donors (Lipinski definition) is 1. The van der Waals surface area contributed by atoms with Gasteiger partial charge in [-0.05, 0) is 49.5 Å². The molecule has 1 N–H and O–H groups in total. The summed E-state index contributed by atoms with van der Waals surface area (Å²) in [7, 11) is 0. The van der Waals surface area contributed by atoms with Crippen LogP contribution in [0.15, 0.2) is 24.3 Å². The Hall–Kier alpha value is -0.710. The van der Waals surface area contributed by atoms with Crippen molar-refractivity contribution < 1.29 is 9.47 Å². The summed E-state index contributed by atoms with van der Waals surface area (Å²) in [6.07, 6.45) is 8.25. The van der Waals surface area contributed by atoms with E-state index >= 15 is 0 Å². The average molecular weight is 389 g/mol. The fourth-order valence-electron chi connectivity index (χ4n) is 2.18. The molecule has 1 atom stereocenters. The van der Waals surface area contributed by atoms with Gasteiger partial charge in [0.15, 0.2) is 0 Å². The van der Waals surface area contributed by atoms with Gasteiger partial charge >= 0.3 is 0 Å². The maximum Gasteiger partial charge on any atom is 0.147 e. The molecule has 1 heterocycles. The number of ether oxygens (including phenoxy) is 2. The van der Waals surface area contributed by atoms with Crippen LogP contribution in [0, 0.1) is 0 Å². The van der Waals surface area contributed by atoms with Gasteiger partial charge in [0.2, 0.25) is 0 Å². The van der Waals surface area contributed by atoms with Crippen LogP contribution in [0.2, 0.25) is 0 Å². The number of halogens is 2. The Morgan fingerprint density at radius 3 is 2.82 bits per heavy atom. The SMILES string of the molecule is ClCCCCOc1ccc2c(c1)NC(OCCCCBr)C=C2. The van der Waals surface area contributed by atoms with E-state index in [-0.39, 0.29) is 6.23 Å². The molecule has 0 aromatic heterocycles. The number of alkyl halides is 2. The number of benzene rings is 1. The Labute approximate surface area is 146 Å². The molecule has 1 unspecified atom stereocenters. The monoisotopic (exact) mass is 387 g/mol. The highest BCUT2D eigenvalue weighted by atomic mass is 79.9. The fraction of sp³-hybridized carbons (Fsp3) is 0.529. The van der Waals surface area contributed by atoms with Crippen LogP contribution in [0.3, 0.4) is 0 Å². The summed E-state index contributed by atoms with van der Waals surface area (Å²) >= 11 is 9.09. The second-order valence-electron chi connectivity index (χ2n) is 5.18. The molecule has 22 heavy (non-hydrogen) atoms. The van der Waals surface area contributed by atoms with E-state index in [1.54, 1.807) is 0 Å². The van der Waals surface area contributed by atoms with Crippen LogP contribution in [-0.2, 0) is 4.74 Å². The minimum Gasteiger partial charge on any atom is -0.494 e. The first-order valence-electron chi connectivity index (χ1n) is 7.78. The third kappa shape index (κ3) is 5.82. The molecule has 3 nitrogen and oxygen atoms in total. The van der Waals surface area contributed by atoms with Crippen LogP contribution in [0.1, 0.15) is 31.2 Å². The molecule has 0 saturated carbocycles. The highest BCUT2D eigenvalue weighted by molar-refractivity contribution is 9.09. The largest absolute Gasteiger partial charge is 0.494 e. The van der Waals surface area contributed by atoms with Gasteiger partial charge in [0.1, 0.15) is 12.0 Å². The molecule has 0 amide bonds. The maximum atomic E-state index is 5.82. The lowest BCUT2D eigenvalue weighted by molar-refractivity contribution is 0.101. The van der Waals surface area contributed by atoms with E-state index in [4.69, 9.17) is 21.1 Å². The molecule has 1 aromatic carbocycles. The highest BCUT2D eigenvalue weighted by Crippen LogP contribution is 2.28. The van der Waals surface area contributed by atoms with Crippen molar-refractivity contribution >= 4 is 39.3 Å². The fourth-order valence-corrected chi connectivity index (χ4v) is 2.76. The molecule has 0 bridgehead atoms. The Balaban J connectivity index is 1.83. The quantitative estimate of drug-likeness (QED) is 0.450. The number of fused-ring (bicyclic) bond motifs is 1. The van der Waals surface area contributed by atoms with Gasteiger partial charge in [-0.2, -0.15) is 0 Å². The molecule has 122 valence electrons. The standard InChI is InChI=1S/C17H23BrClNO2/c18-9-1-3-12-22-17-8-6-14-5-7-15(13-16(14)20-17)21-11-4-2-10-19/h5-8,13,17,20H,1-4,9-12H2. The summed E-state index contributed by atoms with van der Waals surface area (Å²) < 4.78 is 11.6. The summed E-state index contributed by atoms with van der Waals surface area (Å²) in [5, 5.41) is 4.42. The molecular formula is C17H23BrClNO2. The summed E-state index contributed by atoms with van der Waals surface area (Å²) in [5.74, 6) is 1.57. The molecule has 0 radical (unpaired) electrons. The molecular weight excluding hydrogens is 366 g/mol. The molecule has 1 aliphatic rings. The molecule has 0 spiro atoms. The van der Waals surface area contributed by atoms with Gasteiger partial charge in [0, 0.05) is 29.6 Å². The maximum absolute atomic E-state index is 5.82. The number of unbranched alkanes of at least 4 members (excludes halogenated alkanes) is 2. The van der Waals surface area contributed by atoms with Crippen LogP contribution >= 0.6 is 27.5 Å². The zero-order valence-corrected chi connectivity index (χ0v) is 15.0. The smallest absolute Gasteiger partial charge is 0.147 e. The zero-order chi connectivity index (χ0) is 15.6. The lowest BCUT2D eigenvalue weighted by atomic mass is 10.1. The van der Waals surface area contributed by atoms with Crippen LogP contribution in [-0.4, -0.2) is 30.7 Å². The van der Waals surface area contributed by atoms with E-state index in [0.29, 0.717) is 12.5 Å². The lowest BCUT2D eigenvalue weighted by Crippen LogP contribution is -2.24. The third-order valence-corrected chi connectivity index (χ3v) is 4.22. The van der Waals surface area contributed by atoms with Crippen molar-refractivity contribution in [1.82, 2.24) is 0 Å². The minimum absolute atomic E-state index is 0.0608. The van der Waals surface area contributed by atoms with Gasteiger partial charge in [-0.15, -0.1) is 11.6 Å². The first-order chi connectivity index (χ1) is 10.8. The summed E-state index contributed by atoms with van der Waals surface area (Å²) in [5.41, 5.74) is 2.22. The minimum atomic E-state index is -0.0608. The topological polar surface area (TPSA) is 30.5 Å². The summed E-state index contributed by atoms with van der Waals surface area (Å²) in [6.45, 7) is 1.46. The van der Waals surface area contributed by atoms with E-state index in [1.807, 2.05) is 12.1 Å². The van der Waals surface area contributed by atoms with Gasteiger partial charge in [-0.1, -0.05) is 22.0 Å². The molecule has 0 saturated heterocycles. The van der Waals surface area contributed by atoms with Crippen molar-refractivity contribution in [2.75, 3.05) is 29.7 Å². The third-order valence-electron chi connectivity index (χ3n) is 3.40. The van der Waals surface area contributed by atoms with Crippen LogP contribution in [0.4, 0.5) is 5.69 Å². The Bertz CT molecular complexity index is 482.